The molecule has 0 fully saturated rings. The number of halogens is 3. The Morgan fingerprint density at radius 2 is 1.78 bits per heavy atom. The molecular formula is C19H19F3N2O3. The van der Waals surface area contributed by atoms with Crippen LogP contribution in [0.15, 0.2) is 36.4 Å². The SMILES string of the molecule is COc1ccc(Cc2nc3cc(C(F)(F)F)ccc3n2CCO)cc1OC. The van der Waals surface area contributed by atoms with Crippen LogP contribution in [0.5, 0.6) is 11.5 Å². The summed E-state index contributed by atoms with van der Waals surface area (Å²) in [4.78, 5) is 4.38. The number of hydrogen-bond acceptors (Lipinski definition) is 4. The van der Waals surface area contributed by atoms with Crippen LogP contribution in [0.2, 0.25) is 0 Å². The van der Waals surface area contributed by atoms with Gasteiger partial charge < -0.3 is 19.1 Å². The number of fused-ring (bicyclic) bond motifs is 1. The fourth-order valence-corrected chi connectivity index (χ4v) is 3.01. The molecule has 0 aliphatic rings. The van der Waals surface area contributed by atoms with Crippen LogP contribution < -0.4 is 9.47 Å². The molecule has 3 aromatic rings. The van der Waals surface area contributed by atoms with Gasteiger partial charge in [0.2, 0.25) is 0 Å². The summed E-state index contributed by atoms with van der Waals surface area (Å²) >= 11 is 0. The maximum absolute atomic E-state index is 13.0. The molecule has 0 aliphatic carbocycles. The summed E-state index contributed by atoms with van der Waals surface area (Å²) in [7, 11) is 3.07. The highest BCUT2D eigenvalue weighted by molar-refractivity contribution is 5.77. The van der Waals surface area contributed by atoms with E-state index in [1.54, 1.807) is 16.7 Å². The number of aliphatic hydroxyl groups excluding tert-OH is 1. The molecule has 0 spiro atoms. The molecule has 3 rings (SSSR count). The summed E-state index contributed by atoms with van der Waals surface area (Å²) in [6.07, 6.45) is -4.06. The van der Waals surface area contributed by atoms with E-state index in [9.17, 15) is 18.3 Å². The standard InChI is InChI=1S/C19H19F3N2O3/c1-26-16-6-3-12(9-17(16)27-2)10-18-23-14-11-13(19(20,21)22)4-5-15(14)24(18)7-8-25/h3-6,9,11,25H,7-8,10H2,1-2H3. The van der Waals surface area contributed by atoms with Gasteiger partial charge in [-0.25, -0.2) is 4.98 Å². The Morgan fingerprint density at radius 3 is 2.41 bits per heavy atom. The van der Waals surface area contributed by atoms with E-state index in [4.69, 9.17) is 9.47 Å². The van der Waals surface area contributed by atoms with Crippen molar-refractivity contribution in [3.05, 3.63) is 53.3 Å². The van der Waals surface area contributed by atoms with Crippen molar-refractivity contribution in [1.29, 1.82) is 0 Å². The molecule has 1 aromatic heterocycles. The maximum Gasteiger partial charge on any atom is 0.416 e. The van der Waals surface area contributed by atoms with E-state index in [1.165, 1.54) is 20.3 Å². The van der Waals surface area contributed by atoms with Crippen LogP contribution >= 0.6 is 0 Å². The van der Waals surface area contributed by atoms with Crippen molar-refractivity contribution in [3.63, 3.8) is 0 Å². The van der Waals surface area contributed by atoms with Crippen molar-refractivity contribution in [1.82, 2.24) is 9.55 Å². The zero-order valence-electron chi connectivity index (χ0n) is 14.9. The van der Waals surface area contributed by atoms with E-state index < -0.39 is 11.7 Å². The number of ether oxygens (including phenoxy) is 2. The van der Waals surface area contributed by atoms with E-state index in [0.29, 0.717) is 29.3 Å². The number of methoxy groups -OCH3 is 2. The van der Waals surface area contributed by atoms with Crippen molar-refractivity contribution in [2.24, 2.45) is 0 Å². The van der Waals surface area contributed by atoms with Gasteiger partial charge in [-0.15, -0.1) is 0 Å². The van der Waals surface area contributed by atoms with Crippen LogP contribution in [0, 0.1) is 0 Å². The molecule has 27 heavy (non-hydrogen) atoms. The molecule has 1 heterocycles. The smallest absolute Gasteiger partial charge is 0.416 e. The van der Waals surface area contributed by atoms with Crippen molar-refractivity contribution >= 4 is 11.0 Å². The monoisotopic (exact) mass is 380 g/mol. The predicted octanol–water partition coefficient (Wildman–Crippen LogP) is 3.66. The lowest BCUT2D eigenvalue weighted by atomic mass is 10.1. The quantitative estimate of drug-likeness (QED) is 0.709. The minimum absolute atomic E-state index is 0.147. The number of alkyl halides is 3. The predicted molar refractivity (Wildman–Crippen MR) is 94.2 cm³/mol. The van der Waals surface area contributed by atoms with E-state index in [1.807, 2.05) is 6.07 Å². The third-order valence-corrected chi connectivity index (χ3v) is 4.29. The highest BCUT2D eigenvalue weighted by Crippen LogP contribution is 2.32. The zero-order valence-corrected chi connectivity index (χ0v) is 14.9. The second kappa shape index (κ2) is 7.48. The van der Waals surface area contributed by atoms with E-state index in [0.717, 1.165) is 17.7 Å². The highest BCUT2D eigenvalue weighted by atomic mass is 19.4. The molecule has 2 aromatic carbocycles. The van der Waals surface area contributed by atoms with Crippen LogP contribution in [-0.4, -0.2) is 35.5 Å². The molecule has 0 unspecified atom stereocenters. The van der Waals surface area contributed by atoms with Crippen molar-refractivity contribution < 1.29 is 27.8 Å². The van der Waals surface area contributed by atoms with Crippen LogP contribution in [0.4, 0.5) is 13.2 Å². The zero-order chi connectivity index (χ0) is 19.6. The summed E-state index contributed by atoms with van der Waals surface area (Å²) in [5, 5.41) is 9.36. The molecule has 1 N–H and O–H groups in total. The van der Waals surface area contributed by atoms with E-state index in [2.05, 4.69) is 4.98 Å². The van der Waals surface area contributed by atoms with Crippen LogP contribution in [-0.2, 0) is 19.1 Å². The molecule has 5 nitrogen and oxygen atoms in total. The number of aromatic nitrogens is 2. The first kappa shape index (κ1) is 19.0. The van der Waals surface area contributed by atoms with E-state index >= 15 is 0 Å². The number of rotatable bonds is 6. The van der Waals surface area contributed by atoms with Gasteiger partial charge in [0.25, 0.3) is 0 Å². The van der Waals surface area contributed by atoms with Gasteiger partial charge in [0.1, 0.15) is 5.82 Å². The lowest BCUT2D eigenvalue weighted by molar-refractivity contribution is -0.137. The molecule has 144 valence electrons. The van der Waals surface area contributed by atoms with E-state index in [-0.39, 0.29) is 18.7 Å². The van der Waals surface area contributed by atoms with Crippen molar-refractivity contribution in [3.8, 4) is 11.5 Å². The Bertz CT molecular complexity index is 951. The number of imidazole rings is 1. The Hall–Kier alpha value is -2.74. The maximum atomic E-state index is 13.0. The second-order valence-electron chi connectivity index (χ2n) is 5.97. The average molecular weight is 380 g/mol. The molecule has 0 atom stereocenters. The molecule has 0 saturated carbocycles. The Morgan fingerprint density at radius 1 is 1.04 bits per heavy atom. The molecule has 0 aliphatic heterocycles. The number of nitrogens with zero attached hydrogens (tertiary/aromatic N) is 2. The average Bonchev–Trinajstić information content (AvgIpc) is 2.97. The third-order valence-electron chi connectivity index (χ3n) is 4.29. The van der Waals surface area contributed by atoms with Gasteiger partial charge >= 0.3 is 6.18 Å². The summed E-state index contributed by atoms with van der Waals surface area (Å²) in [5.74, 6) is 1.70. The molecule has 8 heteroatoms. The van der Waals surface area contributed by atoms with Crippen molar-refractivity contribution in [2.75, 3.05) is 20.8 Å². The largest absolute Gasteiger partial charge is 0.493 e. The summed E-state index contributed by atoms with van der Waals surface area (Å²) < 4.78 is 51.1. The lowest BCUT2D eigenvalue weighted by Crippen LogP contribution is -2.08. The molecule has 0 bridgehead atoms. The summed E-state index contributed by atoms with van der Waals surface area (Å²) in [6, 6.07) is 8.83. The fraction of sp³-hybridized carbons (Fsp3) is 0.316. The van der Waals surface area contributed by atoms with Crippen molar-refractivity contribution in [2.45, 2.75) is 19.1 Å². The minimum atomic E-state index is -4.43. The van der Waals surface area contributed by atoms with Crippen LogP contribution in [0.3, 0.4) is 0 Å². The van der Waals surface area contributed by atoms with Crippen LogP contribution in [0.1, 0.15) is 17.0 Å². The molecule has 0 saturated heterocycles. The topological polar surface area (TPSA) is 56.5 Å². The van der Waals surface area contributed by atoms with Gasteiger partial charge in [0.15, 0.2) is 11.5 Å². The Balaban J connectivity index is 2.03. The number of aliphatic hydroxyl groups is 1. The first-order chi connectivity index (χ1) is 12.9. The lowest BCUT2D eigenvalue weighted by Gasteiger charge is -2.11. The second-order valence-corrected chi connectivity index (χ2v) is 5.97. The third kappa shape index (κ3) is 3.85. The van der Waals surface area contributed by atoms with Gasteiger partial charge in [-0.05, 0) is 35.9 Å². The van der Waals surface area contributed by atoms with Gasteiger partial charge in [0, 0.05) is 13.0 Å². The molecular weight excluding hydrogens is 361 g/mol. The molecule has 0 amide bonds. The Labute approximate surface area is 154 Å². The van der Waals surface area contributed by atoms with Gasteiger partial charge in [-0.3, -0.25) is 0 Å². The number of benzene rings is 2. The first-order valence-corrected chi connectivity index (χ1v) is 8.25. The fourth-order valence-electron chi connectivity index (χ4n) is 3.01. The first-order valence-electron chi connectivity index (χ1n) is 8.25. The number of hydrogen-bond donors (Lipinski definition) is 1. The van der Waals surface area contributed by atoms with Gasteiger partial charge in [-0.1, -0.05) is 6.07 Å². The van der Waals surface area contributed by atoms with Crippen LogP contribution in [0.25, 0.3) is 11.0 Å². The van der Waals surface area contributed by atoms with Gasteiger partial charge in [-0.2, -0.15) is 13.2 Å². The normalized spacial score (nSPS) is 11.8. The van der Waals surface area contributed by atoms with Gasteiger partial charge in [0.05, 0.1) is 37.4 Å². The highest BCUT2D eigenvalue weighted by Gasteiger charge is 2.31. The Kier molecular flexibility index (Phi) is 5.27. The summed E-state index contributed by atoms with van der Waals surface area (Å²) in [5.41, 5.74) is 0.904. The minimum Gasteiger partial charge on any atom is -0.493 e. The summed E-state index contributed by atoms with van der Waals surface area (Å²) in [6.45, 7) is 0.0932. The molecule has 0 radical (unpaired) electrons.